The molecule has 0 fully saturated rings. The van der Waals surface area contributed by atoms with Crippen LogP contribution in [0.3, 0.4) is 0 Å². The van der Waals surface area contributed by atoms with E-state index in [1.807, 2.05) is 0 Å². The molecule has 3 heterocycles. The summed E-state index contributed by atoms with van der Waals surface area (Å²) >= 11 is 13.6. The Labute approximate surface area is 242 Å². The van der Waals surface area contributed by atoms with Gasteiger partial charge in [-0.05, 0) is 48.9 Å². The highest BCUT2D eigenvalue weighted by molar-refractivity contribution is 7.93. The first-order valence-corrected chi connectivity index (χ1v) is 14.5. The summed E-state index contributed by atoms with van der Waals surface area (Å²) in [5.74, 6) is -1.08. The van der Waals surface area contributed by atoms with Gasteiger partial charge in [-0.15, -0.1) is 11.3 Å². The molecule has 14 heteroatoms. The fourth-order valence-electron chi connectivity index (χ4n) is 3.76. The number of nitrogens with one attached hydrogen (secondary N) is 2. The summed E-state index contributed by atoms with van der Waals surface area (Å²) in [4.78, 5) is 17.4. The van der Waals surface area contributed by atoms with Gasteiger partial charge in [-0.3, -0.25) is 9.71 Å². The van der Waals surface area contributed by atoms with E-state index in [1.165, 1.54) is 42.6 Å². The Kier molecular flexibility index (Phi) is 7.69. The van der Waals surface area contributed by atoms with E-state index >= 15 is 4.39 Å². The highest BCUT2D eigenvalue weighted by Crippen LogP contribution is 2.42. The van der Waals surface area contributed by atoms with Gasteiger partial charge in [-0.2, -0.15) is 0 Å². The molecule has 0 spiro atoms. The lowest BCUT2D eigenvalue weighted by atomic mass is 10.1. The fraction of sp³-hybridized carbons (Fsp3) is 0.0769. The molecule has 0 aliphatic heterocycles. The fourth-order valence-corrected chi connectivity index (χ4v) is 7.04. The van der Waals surface area contributed by atoms with E-state index in [2.05, 4.69) is 30.0 Å². The van der Waals surface area contributed by atoms with E-state index in [9.17, 15) is 12.8 Å². The van der Waals surface area contributed by atoms with Crippen LogP contribution in [0.5, 0.6) is 0 Å². The molecule has 0 saturated carbocycles. The van der Waals surface area contributed by atoms with E-state index < -0.39 is 21.7 Å². The lowest BCUT2D eigenvalue weighted by molar-refractivity contribution is 0.599. The largest absolute Gasteiger partial charge is 0.357 e. The summed E-state index contributed by atoms with van der Waals surface area (Å²) < 4.78 is 58.3. The van der Waals surface area contributed by atoms with Crippen molar-refractivity contribution in [2.45, 2.75) is 11.8 Å². The first-order valence-electron chi connectivity index (χ1n) is 11.5. The Morgan fingerprint density at radius 2 is 1.75 bits per heavy atom. The number of nitrogens with zero attached hydrogens (tertiary/aromatic N) is 4. The molecule has 204 valence electrons. The lowest BCUT2D eigenvalue weighted by Gasteiger charge is -2.14. The summed E-state index contributed by atoms with van der Waals surface area (Å²) in [6.45, 7) is 1.63. The van der Waals surface area contributed by atoms with E-state index in [4.69, 9.17) is 23.2 Å². The number of benzene rings is 2. The van der Waals surface area contributed by atoms with Crippen LogP contribution in [0.1, 0.15) is 5.56 Å². The molecular formula is C26H18Cl2F2N6O2S2. The van der Waals surface area contributed by atoms with Crippen LogP contribution in [0.4, 0.5) is 20.4 Å². The van der Waals surface area contributed by atoms with E-state index in [-0.39, 0.29) is 31.9 Å². The van der Waals surface area contributed by atoms with Crippen LogP contribution in [0.2, 0.25) is 10.0 Å². The van der Waals surface area contributed by atoms with Crippen LogP contribution in [-0.2, 0) is 10.0 Å². The molecule has 0 aliphatic rings. The van der Waals surface area contributed by atoms with Crippen molar-refractivity contribution < 1.29 is 17.2 Å². The van der Waals surface area contributed by atoms with Crippen molar-refractivity contribution >= 4 is 56.2 Å². The average molecular weight is 620 g/mol. The number of anilines is 2. The molecule has 2 N–H and O–H groups in total. The Bertz CT molecular complexity index is 1850. The first kappa shape index (κ1) is 27.8. The minimum absolute atomic E-state index is 0.00846. The second kappa shape index (κ2) is 11.0. The highest BCUT2D eigenvalue weighted by Gasteiger charge is 2.27. The molecule has 0 amide bonds. The van der Waals surface area contributed by atoms with Gasteiger partial charge in [0.1, 0.15) is 15.7 Å². The summed E-state index contributed by atoms with van der Waals surface area (Å²) in [6.07, 6.45) is 2.58. The number of halogens is 4. The molecule has 5 aromatic rings. The van der Waals surface area contributed by atoms with Crippen LogP contribution < -0.4 is 10.0 Å². The maximum atomic E-state index is 16.1. The number of sulfonamides is 1. The number of rotatable bonds is 7. The van der Waals surface area contributed by atoms with Crippen molar-refractivity contribution in [3.8, 4) is 32.5 Å². The van der Waals surface area contributed by atoms with Gasteiger partial charge in [0.15, 0.2) is 5.82 Å². The van der Waals surface area contributed by atoms with Crippen molar-refractivity contribution in [1.29, 1.82) is 0 Å². The lowest BCUT2D eigenvalue weighted by Crippen LogP contribution is -2.15. The first-order chi connectivity index (χ1) is 19.1. The van der Waals surface area contributed by atoms with Crippen LogP contribution in [0.25, 0.3) is 32.5 Å². The van der Waals surface area contributed by atoms with Crippen molar-refractivity contribution in [2.75, 3.05) is 17.1 Å². The quantitative estimate of drug-likeness (QED) is 0.201. The van der Waals surface area contributed by atoms with Gasteiger partial charge in [0.25, 0.3) is 10.0 Å². The molecule has 0 aliphatic carbocycles. The second-order valence-corrected chi connectivity index (χ2v) is 11.8. The highest BCUT2D eigenvalue weighted by atomic mass is 35.5. The zero-order chi connectivity index (χ0) is 28.6. The van der Waals surface area contributed by atoms with Crippen molar-refractivity contribution in [1.82, 2.24) is 19.9 Å². The summed E-state index contributed by atoms with van der Waals surface area (Å²) in [6, 6.07) is 11.5. The zero-order valence-corrected chi connectivity index (χ0v) is 23.9. The Morgan fingerprint density at radius 1 is 0.950 bits per heavy atom. The molecule has 0 atom stereocenters. The molecule has 0 radical (unpaired) electrons. The van der Waals surface area contributed by atoms with Gasteiger partial charge in [0, 0.05) is 18.8 Å². The van der Waals surface area contributed by atoms with Gasteiger partial charge >= 0.3 is 0 Å². The van der Waals surface area contributed by atoms with Gasteiger partial charge in [-0.1, -0.05) is 35.3 Å². The number of thiazole rings is 1. The average Bonchev–Trinajstić information content (AvgIpc) is 3.37. The van der Waals surface area contributed by atoms with E-state index in [0.29, 0.717) is 32.8 Å². The third-order valence-corrected chi connectivity index (χ3v) is 9.27. The van der Waals surface area contributed by atoms with Gasteiger partial charge in [0.2, 0.25) is 5.95 Å². The Hall–Kier alpha value is -3.71. The van der Waals surface area contributed by atoms with E-state index in [0.717, 1.165) is 17.5 Å². The maximum absolute atomic E-state index is 16.1. The van der Waals surface area contributed by atoms with Crippen LogP contribution in [-0.4, -0.2) is 35.4 Å². The molecular weight excluding hydrogens is 601 g/mol. The molecule has 0 saturated heterocycles. The zero-order valence-electron chi connectivity index (χ0n) is 20.7. The minimum atomic E-state index is -4.38. The van der Waals surface area contributed by atoms with Crippen LogP contribution in [0.15, 0.2) is 65.8 Å². The Balaban J connectivity index is 1.65. The molecule has 8 nitrogen and oxygen atoms in total. The predicted octanol–water partition coefficient (Wildman–Crippen LogP) is 7.07. The third-order valence-electron chi connectivity index (χ3n) is 5.69. The molecule has 3 aromatic heterocycles. The van der Waals surface area contributed by atoms with Gasteiger partial charge in [-0.25, -0.2) is 32.2 Å². The molecule has 5 rings (SSSR count). The Morgan fingerprint density at radius 3 is 2.48 bits per heavy atom. The molecule has 0 bridgehead atoms. The second-order valence-electron chi connectivity index (χ2n) is 8.35. The van der Waals surface area contributed by atoms with Gasteiger partial charge in [0.05, 0.1) is 43.9 Å². The SMILES string of the molecule is CNc1nccc(-c2sc(-c3ccc(F)cn3)nc2-c2cccc(NS(=O)(=O)c3c(Cl)ccc(C)c3Cl)c2F)n1. The molecule has 2 aromatic carbocycles. The normalized spacial score (nSPS) is 11.4. The van der Waals surface area contributed by atoms with Gasteiger partial charge < -0.3 is 5.32 Å². The number of hydrogen-bond donors (Lipinski definition) is 2. The topological polar surface area (TPSA) is 110 Å². The monoisotopic (exact) mass is 618 g/mol. The number of aryl methyl sites for hydroxylation is 1. The minimum Gasteiger partial charge on any atom is -0.357 e. The summed E-state index contributed by atoms with van der Waals surface area (Å²) in [7, 11) is -2.72. The predicted molar refractivity (Wildman–Crippen MR) is 153 cm³/mol. The van der Waals surface area contributed by atoms with Crippen molar-refractivity contribution in [3.63, 3.8) is 0 Å². The van der Waals surface area contributed by atoms with Crippen LogP contribution >= 0.6 is 34.5 Å². The smallest absolute Gasteiger partial charge is 0.264 e. The standard InChI is InChI=1S/C26H18Cl2F2N6O2S2/c1-13-6-8-16(27)24(20(13)28)40(37,38)36-17-5-3-4-15(21(17)30)22-23(18-10-11-32-26(31-2)34-18)39-25(35-22)19-9-7-14(29)12-33-19/h3-12,36H,1-2H3,(H,31,32,34). The number of pyridine rings is 1. The van der Waals surface area contributed by atoms with Crippen molar-refractivity contribution in [3.05, 3.63) is 88.2 Å². The molecule has 40 heavy (non-hydrogen) atoms. The summed E-state index contributed by atoms with van der Waals surface area (Å²) in [5, 5.41) is 3.05. The maximum Gasteiger partial charge on any atom is 0.264 e. The van der Waals surface area contributed by atoms with Crippen molar-refractivity contribution in [2.24, 2.45) is 0 Å². The summed E-state index contributed by atoms with van der Waals surface area (Å²) in [5.41, 5.74) is 1.11. The number of aromatic nitrogens is 4. The van der Waals surface area contributed by atoms with E-state index in [1.54, 1.807) is 26.1 Å². The molecule has 0 unspecified atom stereocenters. The number of hydrogen-bond acceptors (Lipinski definition) is 8. The van der Waals surface area contributed by atoms with Crippen LogP contribution in [0, 0.1) is 18.6 Å². The third kappa shape index (κ3) is 5.35.